The number of carbonyl (C=O) groups is 1. The van der Waals surface area contributed by atoms with E-state index in [1.807, 2.05) is 0 Å². The van der Waals surface area contributed by atoms with Gasteiger partial charge in [0.1, 0.15) is 0 Å². The van der Waals surface area contributed by atoms with Crippen molar-refractivity contribution >= 4 is 5.97 Å². The van der Waals surface area contributed by atoms with Crippen LogP contribution < -0.4 is 0 Å². The van der Waals surface area contributed by atoms with Crippen LogP contribution in [-0.4, -0.2) is 19.3 Å². The first-order valence-electron chi connectivity index (χ1n) is 3.27. The lowest BCUT2D eigenvalue weighted by Gasteiger charge is -2.04. The topological polar surface area (TPSA) is 26.3 Å². The Morgan fingerprint density at radius 3 is 2.25 bits per heavy atom. The Bertz CT molecular complexity index is 193. The first-order chi connectivity index (χ1) is 5.40. The van der Waals surface area contributed by atoms with Gasteiger partial charge in [0.15, 0.2) is 0 Å². The van der Waals surface area contributed by atoms with Gasteiger partial charge in [-0.3, -0.25) is 0 Å². The van der Waals surface area contributed by atoms with Gasteiger partial charge >= 0.3 is 12.1 Å². The quantitative estimate of drug-likeness (QED) is 0.482. The molecule has 0 saturated heterocycles. The summed E-state index contributed by atoms with van der Waals surface area (Å²) in [6.07, 6.45) is -4.50. The van der Waals surface area contributed by atoms with Gasteiger partial charge in [-0.2, -0.15) is 13.2 Å². The molecule has 70 valence electrons. The van der Waals surface area contributed by atoms with Crippen LogP contribution in [0.2, 0.25) is 0 Å². The van der Waals surface area contributed by atoms with E-state index in [4.69, 9.17) is 0 Å². The largest absolute Gasteiger partial charge is 0.466 e. The van der Waals surface area contributed by atoms with E-state index >= 15 is 0 Å². The lowest BCUT2D eigenvalue weighted by Crippen LogP contribution is -2.10. The predicted octanol–water partition coefficient (Wildman–Crippen LogP) is 2.06. The summed E-state index contributed by atoms with van der Waals surface area (Å²) < 4.78 is 39.3. The van der Waals surface area contributed by atoms with Gasteiger partial charge in [0.2, 0.25) is 0 Å². The average molecular weight is 182 g/mol. The van der Waals surface area contributed by atoms with E-state index in [-0.39, 0.29) is 18.1 Å². The summed E-state index contributed by atoms with van der Waals surface area (Å²) in [5, 5.41) is 0. The normalized spacial score (nSPS) is 12.9. The minimum Gasteiger partial charge on any atom is -0.466 e. The molecule has 0 spiro atoms. The number of rotatable bonds is 2. The number of hydrogen-bond acceptors (Lipinski definition) is 2. The van der Waals surface area contributed by atoms with Gasteiger partial charge in [-0.05, 0) is 6.42 Å². The zero-order valence-electron chi connectivity index (χ0n) is 6.73. The van der Waals surface area contributed by atoms with E-state index in [1.54, 1.807) is 0 Å². The zero-order chi connectivity index (χ0) is 9.78. The highest BCUT2D eigenvalue weighted by Gasteiger charge is 2.26. The summed E-state index contributed by atoms with van der Waals surface area (Å²) >= 11 is 0. The standard InChI is InChI=1S/C7H9F3O2/c1-3-5(6(11)12-2)4-7(8,9)10/h4H,3H2,1-2H3/b5-4+. The molecule has 0 aliphatic carbocycles. The lowest BCUT2D eigenvalue weighted by molar-refractivity contribution is -0.137. The minimum atomic E-state index is -4.46. The van der Waals surface area contributed by atoms with Crippen molar-refractivity contribution in [2.45, 2.75) is 19.5 Å². The molecule has 0 unspecified atom stereocenters. The van der Waals surface area contributed by atoms with Gasteiger partial charge in [0, 0.05) is 11.6 Å². The Labute approximate surface area is 68.0 Å². The van der Waals surface area contributed by atoms with Gasteiger partial charge in [0.25, 0.3) is 0 Å². The van der Waals surface area contributed by atoms with Crippen molar-refractivity contribution in [3.8, 4) is 0 Å². The molecular weight excluding hydrogens is 173 g/mol. The van der Waals surface area contributed by atoms with Crippen molar-refractivity contribution < 1.29 is 22.7 Å². The number of carbonyl (C=O) groups excluding carboxylic acids is 1. The molecule has 2 nitrogen and oxygen atoms in total. The molecule has 0 aromatic heterocycles. The molecule has 0 atom stereocenters. The second-order valence-electron chi connectivity index (χ2n) is 2.06. The number of allylic oxidation sites excluding steroid dienone is 1. The molecule has 0 aromatic carbocycles. The zero-order valence-corrected chi connectivity index (χ0v) is 6.73. The van der Waals surface area contributed by atoms with Gasteiger partial charge in [-0.15, -0.1) is 0 Å². The predicted molar refractivity (Wildman–Crippen MR) is 36.4 cm³/mol. The van der Waals surface area contributed by atoms with Crippen LogP contribution in [-0.2, 0) is 9.53 Å². The van der Waals surface area contributed by atoms with Crippen LogP contribution in [0.15, 0.2) is 11.6 Å². The number of esters is 1. The van der Waals surface area contributed by atoms with E-state index in [1.165, 1.54) is 6.92 Å². The molecule has 0 amide bonds. The van der Waals surface area contributed by atoms with E-state index in [9.17, 15) is 18.0 Å². The summed E-state index contributed by atoms with van der Waals surface area (Å²) in [5.41, 5.74) is -0.370. The molecule has 0 N–H and O–H groups in total. The maximum atomic E-state index is 11.7. The highest BCUT2D eigenvalue weighted by molar-refractivity contribution is 5.88. The van der Waals surface area contributed by atoms with Crippen LogP contribution in [0.5, 0.6) is 0 Å². The number of alkyl halides is 3. The average Bonchev–Trinajstić information content (AvgIpc) is 1.97. The van der Waals surface area contributed by atoms with Crippen LogP contribution in [0.4, 0.5) is 13.2 Å². The molecule has 0 rings (SSSR count). The lowest BCUT2D eigenvalue weighted by atomic mass is 10.2. The summed E-state index contributed by atoms with van der Waals surface area (Å²) in [4.78, 5) is 10.6. The van der Waals surface area contributed by atoms with Crippen molar-refractivity contribution in [1.82, 2.24) is 0 Å². The first-order valence-corrected chi connectivity index (χ1v) is 3.27. The van der Waals surface area contributed by atoms with Gasteiger partial charge in [-0.1, -0.05) is 6.92 Å². The van der Waals surface area contributed by atoms with E-state index in [0.29, 0.717) is 0 Å². The van der Waals surface area contributed by atoms with Crippen LogP contribution in [0.1, 0.15) is 13.3 Å². The molecule has 0 aliphatic rings. The van der Waals surface area contributed by atoms with Crippen molar-refractivity contribution in [2.75, 3.05) is 7.11 Å². The summed E-state index contributed by atoms with van der Waals surface area (Å²) in [5.74, 6) is -0.935. The molecular formula is C7H9F3O2. The second-order valence-corrected chi connectivity index (χ2v) is 2.06. The summed E-state index contributed by atoms with van der Waals surface area (Å²) in [6, 6.07) is 0. The van der Waals surface area contributed by atoms with Crippen molar-refractivity contribution in [3.63, 3.8) is 0 Å². The Balaban J connectivity index is 4.55. The van der Waals surface area contributed by atoms with Gasteiger partial charge in [0.05, 0.1) is 7.11 Å². The Hall–Kier alpha value is -1.00. The summed E-state index contributed by atoms with van der Waals surface area (Å²) in [6.45, 7) is 1.45. The van der Waals surface area contributed by atoms with Gasteiger partial charge in [-0.25, -0.2) is 4.79 Å². The Kier molecular flexibility index (Phi) is 3.79. The molecule has 0 aliphatic heterocycles. The van der Waals surface area contributed by atoms with E-state index in [2.05, 4.69) is 4.74 Å². The molecule has 0 aromatic rings. The van der Waals surface area contributed by atoms with Crippen LogP contribution in [0, 0.1) is 0 Å². The molecule has 0 saturated carbocycles. The number of ether oxygens (including phenoxy) is 1. The highest BCUT2D eigenvalue weighted by atomic mass is 19.4. The van der Waals surface area contributed by atoms with E-state index < -0.39 is 12.1 Å². The fourth-order valence-electron chi connectivity index (χ4n) is 0.634. The maximum Gasteiger partial charge on any atom is 0.410 e. The minimum absolute atomic E-state index is 0.00613. The molecule has 0 radical (unpaired) electrons. The van der Waals surface area contributed by atoms with Crippen LogP contribution in [0.25, 0.3) is 0 Å². The first kappa shape index (κ1) is 11.0. The fourth-order valence-corrected chi connectivity index (χ4v) is 0.634. The third kappa shape index (κ3) is 4.00. The highest BCUT2D eigenvalue weighted by Crippen LogP contribution is 2.20. The SMILES string of the molecule is CC/C(=C\C(F)(F)F)C(=O)OC. The Morgan fingerprint density at radius 1 is 1.50 bits per heavy atom. The fraction of sp³-hybridized carbons (Fsp3) is 0.571. The molecule has 0 heterocycles. The summed E-state index contributed by atoms with van der Waals surface area (Å²) in [7, 11) is 1.04. The number of halogens is 3. The smallest absolute Gasteiger partial charge is 0.410 e. The Morgan fingerprint density at radius 2 is 2.00 bits per heavy atom. The van der Waals surface area contributed by atoms with Crippen molar-refractivity contribution in [1.29, 1.82) is 0 Å². The molecule has 0 bridgehead atoms. The van der Waals surface area contributed by atoms with Crippen molar-refractivity contribution in [2.24, 2.45) is 0 Å². The third-order valence-electron chi connectivity index (χ3n) is 1.17. The molecule has 0 fully saturated rings. The number of methoxy groups -OCH3 is 1. The molecule has 12 heavy (non-hydrogen) atoms. The number of hydrogen-bond donors (Lipinski definition) is 0. The monoisotopic (exact) mass is 182 g/mol. The maximum absolute atomic E-state index is 11.7. The van der Waals surface area contributed by atoms with Crippen LogP contribution >= 0.6 is 0 Å². The van der Waals surface area contributed by atoms with Crippen molar-refractivity contribution in [3.05, 3.63) is 11.6 Å². The third-order valence-corrected chi connectivity index (χ3v) is 1.17. The molecule has 5 heteroatoms. The van der Waals surface area contributed by atoms with Gasteiger partial charge < -0.3 is 4.74 Å². The second kappa shape index (κ2) is 4.13. The van der Waals surface area contributed by atoms with E-state index in [0.717, 1.165) is 7.11 Å². The van der Waals surface area contributed by atoms with Crippen LogP contribution in [0.3, 0.4) is 0 Å².